The number of aromatic nitrogens is 2. The Bertz CT molecular complexity index is 1240. The predicted molar refractivity (Wildman–Crippen MR) is 109 cm³/mol. The minimum absolute atomic E-state index is 0.0446. The number of anilines is 1. The SMILES string of the molecule is CC(O)CNS(=O)(=O)c1ccccc1-c1ccc(-c2cnc(N)c(C#N)n2)c(F)c1. The molecule has 0 saturated carbocycles. The molecular formula is C20H18FN5O3S. The molecule has 0 saturated heterocycles. The van der Waals surface area contributed by atoms with Crippen molar-refractivity contribution in [2.24, 2.45) is 0 Å². The fourth-order valence-corrected chi connectivity index (χ4v) is 4.10. The van der Waals surface area contributed by atoms with Crippen LogP contribution in [-0.4, -0.2) is 36.1 Å². The first-order valence-electron chi connectivity index (χ1n) is 8.82. The quantitative estimate of drug-likeness (QED) is 0.546. The summed E-state index contributed by atoms with van der Waals surface area (Å²) < 4.78 is 42.4. The Morgan fingerprint density at radius 3 is 2.67 bits per heavy atom. The first-order chi connectivity index (χ1) is 14.2. The van der Waals surface area contributed by atoms with Gasteiger partial charge in [-0.3, -0.25) is 0 Å². The highest BCUT2D eigenvalue weighted by atomic mass is 32.2. The van der Waals surface area contributed by atoms with Gasteiger partial charge in [-0.2, -0.15) is 5.26 Å². The van der Waals surface area contributed by atoms with Gasteiger partial charge in [0, 0.05) is 17.7 Å². The summed E-state index contributed by atoms with van der Waals surface area (Å²) in [4.78, 5) is 7.81. The summed E-state index contributed by atoms with van der Waals surface area (Å²) >= 11 is 0. The Kier molecular flexibility index (Phi) is 6.07. The van der Waals surface area contributed by atoms with E-state index in [-0.39, 0.29) is 34.2 Å². The fraction of sp³-hybridized carbons (Fsp3) is 0.150. The molecule has 8 nitrogen and oxygen atoms in total. The van der Waals surface area contributed by atoms with Gasteiger partial charge in [0.2, 0.25) is 10.0 Å². The number of hydrogen-bond acceptors (Lipinski definition) is 7. The molecule has 154 valence electrons. The summed E-state index contributed by atoms with van der Waals surface area (Å²) in [7, 11) is -3.93. The van der Waals surface area contributed by atoms with Crippen LogP contribution in [0.1, 0.15) is 12.6 Å². The van der Waals surface area contributed by atoms with Crippen LogP contribution < -0.4 is 10.5 Å². The molecule has 1 atom stereocenters. The fourth-order valence-electron chi connectivity index (χ4n) is 2.75. The Morgan fingerprint density at radius 1 is 1.27 bits per heavy atom. The molecule has 0 aliphatic heterocycles. The lowest BCUT2D eigenvalue weighted by molar-refractivity contribution is 0.198. The van der Waals surface area contributed by atoms with Crippen LogP contribution in [0.15, 0.2) is 53.6 Å². The third kappa shape index (κ3) is 4.44. The monoisotopic (exact) mass is 427 g/mol. The summed E-state index contributed by atoms with van der Waals surface area (Å²) in [6.07, 6.45) is 0.398. The van der Waals surface area contributed by atoms with Crippen molar-refractivity contribution in [1.29, 1.82) is 5.26 Å². The first kappa shape index (κ1) is 21.3. The van der Waals surface area contributed by atoms with Crippen molar-refractivity contribution >= 4 is 15.8 Å². The van der Waals surface area contributed by atoms with E-state index in [2.05, 4.69) is 14.7 Å². The average molecular weight is 427 g/mol. The van der Waals surface area contributed by atoms with E-state index in [0.717, 1.165) is 0 Å². The van der Waals surface area contributed by atoms with Crippen LogP contribution in [-0.2, 0) is 10.0 Å². The lowest BCUT2D eigenvalue weighted by Crippen LogP contribution is -2.31. The highest BCUT2D eigenvalue weighted by Gasteiger charge is 2.20. The number of aliphatic hydroxyl groups is 1. The van der Waals surface area contributed by atoms with E-state index in [9.17, 15) is 17.9 Å². The van der Waals surface area contributed by atoms with Gasteiger partial charge in [0.1, 0.15) is 11.9 Å². The van der Waals surface area contributed by atoms with E-state index in [1.165, 1.54) is 31.3 Å². The van der Waals surface area contributed by atoms with Crippen LogP contribution in [0.2, 0.25) is 0 Å². The standard InChI is InChI=1S/C20H18FN5O3S/c1-12(27)10-25-30(28,29)19-5-3-2-4-14(19)13-6-7-15(16(21)8-13)18-11-24-20(23)17(9-22)26-18/h2-8,11-12,25,27H,10H2,1H3,(H2,23,24). The van der Waals surface area contributed by atoms with E-state index < -0.39 is 21.9 Å². The number of rotatable bonds is 6. The summed E-state index contributed by atoms with van der Waals surface area (Å²) in [5.41, 5.74) is 6.28. The topological polar surface area (TPSA) is 142 Å². The van der Waals surface area contributed by atoms with Gasteiger partial charge in [-0.1, -0.05) is 24.3 Å². The number of nitrogens with two attached hydrogens (primary N) is 1. The number of benzene rings is 2. The third-order valence-corrected chi connectivity index (χ3v) is 5.69. The lowest BCUT2D eigenvalue weighted by atomic mass is 10.0. The van der Waals surface area contributed by atoms with Crippen LogP contribution in [0.5, 0.6) is 0 Å². The smallest absolute Gasteiger partial charge is 0.241 e. The van der Waals surface area contributed by atoms with Gasteiger partial charge in [-0.25, -0.2) is 27.5 Å². The zero-order valence-corrected chi connectivity index (χ0v) is 16.7. The van der Waals surface area contributed by atoms with Crippen molar-refractivity contribution in [3.63, 3.8) is 0 Å². The average Bonchev–Trinajstić information content (AvgIpc) is 2.73. The Balaban J connectivity index is 2.04. The highest BCUT2D eigenvalue weighted by molar-refractivity contribution is 7.89. The van der Waals surface area contributed by atoms with Gasteiger partial charge in [-0.05, 0) is 30.7 Å². The van der Waals surface area contributed by atoms with Crippen LogP contribution in [0.4, 0.5) is 10.2 Å². The molecule has 3 aromatic rings. The van der Waals surface area contributed by atoms with Gasteiger partial charge < -0.3 is 10.8 Å². The second-order valence-corrected chi connectivity index (χ2v) is 8.23. The van der Waals surface area contributed by atoms with Gasteiger partial charge in [0.15, 0.2) is 11.5 Å². The van der Waals surface area contributed by atoms with Crippen LogP contribution in [0.3, 0.4) is 0 Å². The van der Waals surface area contributed by atoms with Crippen LogP contribution in [0, 0.1) is 17.1 Å². The molecule has 0 bridgehead atoms. The van der Waals surface area contributed by atoms with Crippen LogP contribution in [0.25, 0.3) is 22.4 Å². The minimum atomic E-state index is -3.93. The maximum absolute atomic E-state index is 14.9. The molecule has 10 heteroatoms. The molecule has 0 aliphatic carbocycles. The van der Waals surface area contributed by atoms with Crippen LogP contribution >= 0.6 is 0 Å². The molecule has 0 aliphatic rings. The molecule has 2 aromatic carbocycles. The maximum Gasteiger partial charge on any atom is 0.241 e. The number of aliphatic hydroxyl groups excluding tert-OH is 1. The molecule has 0 spiro atoms. The van der Waals surface area contributed by atoms with Crippen molar-refractivity contribution in [3.8, 4) is 28.5 Å². The van der Waals surface area contributed by atoms with Crippen molar-refractivity contribution in [1.82, 2.24) is 14.7 Å². The molecule has 0 fully saturated rings. The molecule has 1 heterocycles. The Hall–Kier alpha value is -3.39. The zero-order valence-electron chi connectivity index (χ0n) is 15.9. The summed E-state index contributed by atoms with van der Waals surface area (Å²) in [5, 5.41) is 18.4. The van der Waals surface area contributed by atoms with E-state index in [1.807, 2.05) is 0 Å². The molecule has 0 amide bonds. The van der Waals surface area contributed by atoms with Crippen molar-refractivity contribution in [2.45, 2.75) is 17.9 Å². The summed E-state index contributed by atoms with van der Waals surface area (Å²) in [6.45, 7) is 1.31. The molecule has 30 heavy (non-hydrogen) atoms. The molecule has 0 radical (unpaired) electrons. The summed E-state index contributed by atoms with van der Waals surface area (Å²) in [5.74, 6) is -0.721. The highest BCUT2D eigenvalue weighted by Crippen LogP contribution is 2.31. The van der Waals surface area contributed by atoms with E-state index in [1.54, 1.807) is 30.3 Å². The maximum atomic E-state index is 14.9. The summed E-state index contributed by atoms with van der Waals surface area (Å²) in [6, 6.07) is 12.1. The predicted octanol–water partition coefficient (Wildman–Crippen LogP) is 2.06. The number of nitrogens with zero attached hydrogens (tertiary/aromatic N) is 3. The molecule has 1 unspecified atom stereocenters. The van der Waals surface area contributed by atoms with E-state index in [4.69, 9.17) is 11.0 Å². The second kappa shape index (κ2) is 8.54. The molecule has 1 aromatic heterocycles. The molecule has 4 N–H and O–H groups in total. The van der Waals surface area contributed by atoms with E-state index in [0.29, 0.717) is 11.1 Å². The number of halogens is 1. The number of nitrogens with one attached hydrogen (secondary N) is 1. The van der Waals surface area contributed by atoms with Gasteiger partial charge >= 0.3 is 0 Å². The molecular weight excluding hydrogens is 409 g/mol. The van der Waals surface area contributed by atoms with Gasteiger partial charge in [-0.15, -0.1) is 0 Å². The van der Waals surface area contributed by atoms with Crippen molar-refractivity contribution in [3.05, 3.63) is 60.2 Å². The van der Waals surface area contributed by atoms with Crippen molar-refractivity contribution < 1.29 is 17.9 Å². The third-order valence-electron chi connectivity index (χ3n) is 4.21. The normalized spacial score (nSPS) is 12.3. The largest absolute Gasteiger partial charge is 0.392 e. The number of nitrogen functional groups attached to an aromatic ring is 1. The van der Waals surface area contributed by atoms with Gasteiger partial charge in [0.05, 0.1) is 22.9 Å². The Morgan fingerprint density at radius 2 is 2.00 bits per heavy atom. The van der Waals surface area contributed by atoms with Crippen molar-refractivity contribution in [2.75, 3.05) is 12.3 Å². The van der Waals surface area contributed by atoms with E-state index >= 15 is 0 Å². The first-order valence-corrected chi connectivity index (χ1v) is 10.3. The van der Waals surface area contributed by atoms with Gasteiger partial charge in [0.25, 0.3) is 0 Å². The second-order valence-electron chi connectivity index (χ2n) is 6.49. The lowest BCUT2D eigenvalue weighted by Gasteiger charge is -2.13. The Labute approximate surface area is 172 Å². The number of nitriles is 1. The minimum Gasteiger partial charge on any atom is -0.392 e. The zero-order chi connectivity index (χ0) is 21.9. The number of hydrogen-bond donors (Lipinski definition) is 3. The molecule has 3 rings (SSSR count). The number of sulfonamides is 1.